The normalized spacial score (nSPS) is 11.5. The van der Waals surface area contributed by atoms with Gasteiger partial charge in [0.05, 0.1) is 17.3 Å². The van der Waals surface area contributed by atoms with Crippen LogP contribution in [-0.2, 0) is 12.4 Å². The minimum absolute atomic E-state index is 0.202. The highest BCUT2D eigenvalue weighted by molar-refractivity contribution is 9.10. The molecule has 0 atom stereocenters. The second-order valence-electron chi connectivity index (χ2n) is 4.67. The first-order chi connectivity index (χ1) is 10.1. The smallest absolute Gasteiger partial charge is 0.163 e. The first-order valence-electron chi connectivity index (χ1n) is 6.53. The molecule has 0 saturated carbocycles. The number of fused-ring (bicyclic) bond motifs is 1. The third-order valence-electron chi connectivity index (χ3n) is 3.35. The van der Waals surface area contributed by atoms with E-state index in [4.69, 9.17) is 11.6 Å². The molecule has 4 nitrogen and oxygen atoms in total. The number of aryl methyl sites for hydroxylation is 2. The van der Waals surface area contributed by atoms with Gasteiger partial charge in [0.25, 0.3) is 0 Å². The molecular formula is C14H13BrClFN4. The highest BCUT2D eigenvalue weighted by Gasteiger charge is 2.20. The molecule has 0 bridgehead atoms. The van der Waals surface area contributed by atoms with E-state index in [-0.39, 0.29) is 11.7 Å². The van der Waals surface area contributed by atoms with Crippen molar-refractivity contribution >= 4 is 38.7 Å². The number of imidazole rings is 1. The summed E-state index contributed by atoms with van der Waals surface area (Å²) < 4.78 is 18.6. The van der Waals surface area contributed by atoms with Crippen LogP contribution in [-0.4, -0.2) is 19.3 Å². The van der Waals surface area contributed by atoms with Gasteiger partial charge in [-0.05, 0) is 32.0 Å². The fourth-order valence-corrected chi connectivity index (χ4v) is 2.95. The monoisotopic (exact) mass is 370 g/mol. The number of aromatic nitrogens is 4. The van der Waals surface area contributed by atoms with Crippen LogP contribution >= 0.6 is 27.5 Å². The minimum atomic E-state index is -0.337. The third-order valence-corrected chi connectivity index (χ3v) is 4.08. The number of alkyl halides is 1. The molecule has 2 aromatic heterocycles. The largest absolute Gasteiger partial charge is 0.277 e. The third kappa shape index (κ3) is 2.26. The van der Waals surface area contributed by atoms with Crippen molar-refractivity contribution in [1.29, 1.82) is 0 Å². The zero-order valence-electron chi connectivity index (χ0n) is 11.6. The summed E-state index contributed by atoms with van der Waals surface area (Å²) in [6.45, 7) is 4.55. The van der Waals surface area contributed by atoms with Crippen LogP contribution in [0.1, 0.15) is 18.4 Å². The van der Waals surface area contributed by atoms with Gasteiger partial charge in [-0.3, -0.25) is 4.57 Å². The molecule has 2 heterocycles. The number of rotatable bonds is 3. The van der Waals surface area contributed by atoms with Gasteiger partial charge in [-0.1, -0.05) is 15.9 Å². The van der Waals surface area contributed by atoms with Crippen LogP contribution < -0.4 is 0 Å². The van der Waals surface area contributed by atoms with E-state index >= 15 is 0 Å². The summed E-state index contributed by atoms with van der Waals surface area (Å²) in [4.78, 5) is 4.51. The van der Waals surface area contributed by atoms with E-state index in [2.05, 4.69) is 26.0 Å². The van der Waals surface area contributed by atoms with E-state index < -0.39 is 0 Å². The van der Waals surface area contributed by atoms with E-state index in [1.807, 2.05) is 18.5 Å². The highest BCUT2D eigenvalue weighted by atomic mass is 79.9. The van der Waals surface area contributed by atoms with Gasteiger partial charge < -0.3 is 0 Å². The second kappa shape index (κ2) is 5.42. The Bertz CT molecular complexity index is 824. The summed E-state index contributed by atoms with van der Waals surface area (Å²) in [5.74, 6) is 0.472. The van der Waals surface area contributed by atoms with E-state index in [1.54, 1.807) is 16.7 Å². The van der Waals surface area contributed by atoms with Crippen molar-refractivity contribution in [1.82, 2.24) is 19.3 Å². The molecule has 3 aromatic rings. The molecule has 0 N–H and O–H groups in total. The minimum Gasteiger partial charge on any atom is -0.277 e. The van der Waals surface area contributed by atoms with Gasteiger partial charge in [-0.15, -0.1) is 11.6 Å². The summed E-state index contributed by atoms with van der Waals surface area (Å²) in [7, 11) is 0. The molecule has 0 fully saturated rings. The maximum Gasteiger partial charge on any atom is 0.163 e. The lowest BCUT2D eigenvalue weighted by Crippen LogP contribution is -2.07. The van der Waals surface area contributed by atoms with Gasteiger partial charge in [0.2, 0.25) is 0 Å². The van der Waals surface area contributed by atoms with Crippen LogP contribution in [0, 0.1) is 12.7 Å². The predicted molar refractivity (Wildman–Crippen MR) is 84.5 cm³/mol. The molecule has 7 heteroatoms. The van der Waals surface area contributed by atoms with Crippen molar-refractivity contribution < 1.29 is 4.39 Å². The van der Waals surface area contributed by atoms with Gasteiger partial charge in [0.15, 0.2) is 5.65 Å². The lowest BCUT2D eigenvalue weighted by Gasteiger charge is -2.10. The second-order valence-corrected chi connectivity index (χ2v) is 5.85. The van der Waals surface area contributed by atoms with E-state index in [0.29, 0.717) is 22.5 Å². The Hall–Kier alpha value is -1.40. The highest BCUT2D eigenvalue weighted by Crippen LogP contribution is 2.27. The summed E-state index contributed by atoms with van der Waals surface area (Å²) in [5, 5.41) is 4.44. The van der Waals surface area contributed by atoms with Gasteiger partial charge in [0.1, 0.15) is 17.2 Å². The Morgan fingerprint density at radius 2 is 2.14 bits per heavy atom. The van der Waals surface area contributed by atoms with Crippen LogP contribution in [0.25, 0.3) is 16.9 Å². The molecule has 0 unspecified atom stereocenters. The van der Waals surface area contributed by atoms with Crippen LogP contribution in [0.15, 0.2) is 22.7 Å². The lowest BCUT2D eigenvalue weighted by molar-refractivity contribution is 0.610. The van der Waals surface area contributed by atoms with Crippen molar-refractivity contribution in [2.24, 2.45) is 0 Å². The maximum absolute atomic E-state index is 14.3. The van der Waals surface area contributed by atoms with Crippen LogP contribution in [0.3, 0.4) is 0 Å². The molecule has 0 aliphatic heterocycles. The summed E-state index contributed by atoms with van der Waals surface area (Å²) in [6, 6.07) is 4.93. The summed E-state index contributed by atoms with van der Waals surface area (Å²) in [6.07, 6.45) is 0. The van der Waals surface area contributed by atoms with Gasteiger partial charge in [-0.2, -0.15) is 5.10 Å². The molecule has 0 saturated heterocycles. The first-order valence-corrected chi connectivity index (χ1v) is 7.85. The zero-order valence-corrected chi connectivity index (χ0v) is 13.9. The van der Waals surface area contributed by atoms with E-state index in [9.17, 15) is 4.39 Å². The number of nitrogens with zero attached hydrogens (tertiary/aromatic N) is 4. The molecule has 1 aromatic carbocycles. The Morgan fingerprint density at radius 3 is 2.76 bits per heavy atom. The molecule has 0 spiro atoms. The molecule has 21 heavy (non-hydrogen) atoms. The van der Waals surface area contributed by atoms with E-state index in [0.717, 1.165) is 16.9 Å². The first kappa shape index (κ1) is 14.5. The fraction of sp³-hybridized carbons (Fsp3) is 0.286. The molecule has 0 aliphatic rings. The zero-order chi connectivity index (χ0) is 15.1. The van der Waals surface area contributed by atoms with Gasteiger partial charge >= 0.3 is 0 Å². The Labute approximate surface area is 134 Å². The average molecular weight is 372 g/mol. The quantitative estimate of drug-likeness (QED) is 0.647. The number of hydrogen-bond donors (Lipinski definition) is 0. The average Bonchev–Trinajstić information content (AvgIpc) is 2.97. The Kier molecular flexibility index (Phi) is 3.75. The lowest BCUT2D eigenvalue weighted by atomic mass is 10.3. The molecular weight excluding hydrogens is 359 g/mol. The number of halogens is 3. The van der Waals surface area contributed by atoms with E-state index in [1.165, 1.54) is 6.07 Å². The number of benzene rings is 1. The molecule has 0 aliphatic carbocycles. The molecule has 0 radical (unpaired) electrons. The van der Waals surface area contributed by atoms with Gasteiger partial charge in [0, 0.05) is 11.0 Å². The Balaban J connectivity index is 2.39. The maximum atomic E-state index is 14.3. The SMILES string of the molecule is CCn1nc(C)c2nc(CCl)n(-c3ccc(Br)cc3F)c21. The number of hydrogen-bond acceptors (Lipinski definition) is 2. The predicted octanol–water partition coefficient (Wildman–Crippen LogP) is 4.19. The van der Waals surface area contributed by atoms with Crippen molar-refractivity contribution in [3.05, 3.63) is 40.0 Å². The summed E-state index contributed by atoms with van der Waals surface area (Å²) >= 11 is 9.27. The van der Waals surface area contributed by atoms with Crippen molar-refractivity contribution in [2.75, 3.05) is 0 Å². The van der Waals surface area contributed by atoms with Crippen LogP contribution in [0.4, 0.5) is 4.39 Å². The van der Waals surface area contributed by atoms with Crippen molar-refractivity contribution in [3.63, 3.8) is 0 Å². The molecule has 110 valence electrons. The summed E-state index contributed by atoms with van der Waals surface area (Å²) in [5.41, 5.74) is 2.77. The van der Waals surface area contributed by atoms with Crippen LogP contribution in [0.5, 0.6) is 0 Å². The van der Waals surface area contributed by atoms with Crippen molar-refractivity contribution in [3.8, 4) is 5.69 Å². The molecule has 3 rings (SSSR count). The topological polar surface area (TPSA) is 35.6 Å². The fourth-order valence-electron chi connectivity index (χ4n) is 2.44. The molecule has 0 amide bonds. The Morgan fingerprint density at radius 1 is 1.38 bits per heavy atom. The van der Waals surface area contributed by atoms with Crippen LogP contribution in [0.2, 0.25) is 0 Å². The standard InChI is InChI=1S/C14H13BrClFN4/c1-3-20-14-13(8(2)19-20)18-12(7-16)21(14)11-5-4-9(15)6-10(11)17/h4-6H,3,7H2,1-2H3. The van der Waals surface area contributed by atoms with Gasteiger partial charge in [-0.25, -0.2) is 14.1 Å². The van der Waals surface area contributed by atoms with Crippen molar-refractivity contribution in [2.45, 2.75) is 26.3 Å².